The predicted octanol–water partition coefficient (Wildman–Crippen LogP) is 0.276. The maximum Gasteiger partial charge on any atom is 0.328 e. The second-order valence-corrected chi connectivity index (χ2v) is 10.7. The number of carbonyl (C=O) groups excluding carboxylic acids is 2. The zero-order chi connectivity index (χ0) is 23.0. The first-order chi connectivity index (χ1) is 14.5. The molecule has 0 unspecified atom stereocenters. The van der Waals surface area contributed by atoms with Gasteiger partial charge in [0.05, 0.1) is 6.54 Å². The Bertz CT molecular complexity index is 1130. The molecule has 0 aliphatic carbocycles. The van der Waals surface area contributed by atoms with Gasteiger partial charge in [-0.3, -0.25) is 14.6 Å². The van der Waals surface area contributed by atoms with Crippen LogP contribution in [-0.4, -0.2) is 77.1 Å². The molecule has 9 nitrogen and oxygen atoms in total. The Kier molecular flexibility index (Phi) is 6.19. The first kappa shape index (κ1) is 22.9. The molecule has 2 N–H and O–H groups in total. The Morgan fingerprint density at radius 1 is 1.39 bits per heavy atom. The molecule has 10 heteroatoms. The van der Waals surface area contributed by atoms with Gasteiger partial charge in [-0.25, -0.2) is 18.7 Å². The van der Waals surface area contributed by atoms with Crippen molar-refractivity contribution in [1.82, 2.24) is 19.8 Å². The Labute approximate surface area is 182 Å². The minimum absolute atomic E-state index is 0.0397. The van der Waals surface area contributed by atoms with Gasteiger partial charge in [0.25, 0.3) is 5.91 Å². The predicted molar refractivity (Wildman–Crippen MR) is 114 cm³/mol. The molecule has 1 saturated heterocycles. The minimum Gasteiger partial charge on any atom is -0.318 e. The van der Waals surface area contributed by atoms with Crippen LogP contribution in [0.3, 0.4) is 0 Å². The van der Waals surface area contributed by atoms with E-state index in [0.717, 1.165) is 18.5 Å². The van der Waals surface area contributed by atoms with Gasteiger partial charge in [0, 0.05) is 48.8 Å². The van der Waals surface area contributed by atoms with Crippen LogP contribution < -0.4 is 5.48 Å². The molecule has 2 aliphatic rings. The van der Waals surface area contributed by atoms with Crippen molar-refractivity contribution in [2.45, 2.75) is 37.6 Å². The topological polar surface area (TPSA) is 112 Å². The van der Waals surface area contributed by atoms with Crippen LogP contribution in [0.15, 0.2) is 12.3 Å². The number of fused-ring (bicyclic) bond motifs is 1. The number of likely N-dealkylation sites (tertiary alicyclic amines) is 1. The number of hydroxylamine groups is 1. The fraction of sp³-hybridized carbons (Fsp3) is 0.524. The van der Waals surface area contributed by atoms with Crippen molar-refractivity contribution >= 4 is 21.8 Å². The fourth-order valence-electron chi connectivity index (χ4n) is 3.60. The van der Waals surface area contributed by atoms with E-state index in [1.807, 2.05) is 0 Å². The second-order valence-electron chi connectivity index (χ2n) is 8.29. The molecule has 0 radical (unpaired) electrons. The molecule has 1 aromatic rings. The first-order valence-electron chi connectivity index (χ1n) is 9.84. The highest BCUT2D eigenvalue weighted by Crippen LogP contribution is 2.25. The highest BCUT2D eigenvalue weighted by Gasteiger charge is 2.44. The summed E-state index contributed by atoms with van der Waals surface area (Å²) in [5.74, 6) is 11.1. The van der Waals surface area contributed by atoms with E-state index in [-0.39, 0.29) is 25.5 Å². The number of carbonyl (C=O) groups is 2. The Balaban J connectivity index is 1.63. The van der Waals surface area contributed by atoms with Crippen molar-refractivity contribution in [1.29, 1.82) is 0 Å². The molecule has 0 saturated carbocycles. The molecule has 1 fully saturated rings. The van der Waals surface area contributed by atoms with Crippen molar-refractivity contribution in [2.24, 2.45) is 5.92 Å². The molecule has 3 heterocycles. The average Bonchev–Trinajstić information content (AvgIpc) is 3.25. The minimum atomic E-state index is -3.82. The van der Waals surface area contributed by atoms with Crippen molar-refractivity contribution in [3.63, 3.8) is 0 Å². The van der Waals surface area contributed by atoms with Crippen LogP contribution in [0.5, 0.6) is 0 Å². The molecule has 2 amide bonds. The summed E-state index contributed by atoms with van der Waals surface area (Å²) in [5.41, 5.74) is 2.81. The lowest BCUT2D eigenvalue weighted by atomic mass is 9.91. The molecule has 0 bridgehead atoms. The third kappa shape index (κ3) is 4.33. The molecule has 0 aromatic carbocycles. The smallest absolute Gasteiger partial charge is 0.318 e. The van der Waals surface area contributed by atoms with Gasteiger partial charge >= 0.3 is 6.03 Å². The number of nitrogens with zero attached hydrogens (tertiary/aromatic N) is 3. The summed E-state index contributed by atoms with van der Waals surface area (Å²) in [6.45, 7) is 4.61. The van der Waals surface area contributed by atoms with Crippen LogP contribution in [0.4, 0.5) is 4.79 Å². The van der Waals surface area contributed by atoms with Crippen LogP contribution in [0.1, 0.15) is 31.5 Å². The van der Waals surface area contributed by atoms with Gasteiger partial charge in [-0.15, -0.1) is 0 Å². The summed E-state index contributed by atoms with van der Waals surface area (Å²) in [7, 11) is -1.76. The van der Waals surface area contributed by atoms with E-state index in [1.165, 1.54) is 21.9 Å². The second kappa shape index (κ2) is 8.39. The van der Waals surface area contributed by atoms with Gasteiger partial charge in [-0.1, -0.05) is 11.8 Å². The van der Waals surface area contributed by atoms with E-state index in [2.05, 4.69) is 42.6 Å². The number of sulfone groups is 1. The fourth-order valence-corrected chi connectivity index (χ4v) is 4.44. The first-order valence-corrected chi connectivity index (χ1v) is 11.7. The molecule has 1 aromatic heterocycles. The Morgan fingerprint density at radius 3 is 2.65 bits per heavy atom. The number of hydrogen-bond acceptors (Lipinski definition) is 6. The third-order valence-electron chi connectivity index (χ3n) is 6.28. The van der Waals surface area contributed by atoms with E-state index in [1.54, 1.807) is 12.3 Å². The molecule has 166 valence electrons. The zero-order valence-corrected chi connectivity index (χ0v) is 18.8. The molecule has 31 heavy (non-hydrogen) atoms. The summed E-state index contributed by atoms with van der Waals surface area (Å²) in [6.07, 6.45) is 2.41. The standard InChI is InChI=1S/C21H26N4O5S/c1-15-17(13-23(15)3)8-6-5-7-16-11-18-14-24(20(27)25(18)12-16)10-9-21(2,19(26)22-28)31(4,29)30/h11-12,15,17,28H,9-10,13-14H2,1-4H3,(H,22,26)/t15-,17+,21+/m0/s1. The van der Waals surface area contributed by atoms with E-state index < -0.39 is 20.5 Å². The monoisotopic (exact) mass is 446 g/mol. The number of aromatic nitrogens is 1. The van der Waals surface area contributed by atoms with Gasteiger partial charge in [0.15, 0.2) is 14.6 Å². The Hall–Kier alpha value is -2.79. The molecular formula is C21H26N4O5S. The van der Waals surface area contributed by atoms with Gasteiger partial charge in [-0.2, -0.15) is 0 Å². The highest BCUT2D eigenvalue weighted by molar-refractivity contribution is 7.92. The largest absolute Gasteiger partial charge is 0.328 e. The Morgan fingerprint density at radius 2 is 2.10 bits per heavy atom. The van der Waals surface area contributed by atoms with Gasteiger partial charge in [0.2, 0.25) is 0 Å². The number of amides is 2. The molecular weight excluding hydrogens is 420 g/mol. The number of hydrogen-bond donors (Lipinski definition) is 2. The molecule has 0 spiro atoms. The van der Waals surface area contributed by atoms with E-state index in [4.69, 9.17) is 5.21 Å². The van der Waals surface area contributed by atoms with Crippen LogP contribution in [0.25, 0.3) is 0 Å². The maximum absolute atomic E-state index is 12.7. The normalized spacial score (nSPS) is 22.4. The van der Waals surface area contributed by atoms with Crippen LogP contribution in [0.2, 0.25) is 0 Å². The van der Waals surface area contributed by atoms with Crippen molar-refractivity contribution in [2.75, 3.05) is 26.4 Å². The van der Waals surface area contributed by atoms with E-state index in [0.29, 0.717) is 17.5 Å². The summed E-state index contributed by atoms with van der Waals surface area (Å²) in [6, 6.07) is 1.91. The average molecular weight is 447 g/mol. The van der Waals surface area contributed by atoms with Gasteiger partial charge in [-0.05, 0) is 45.2 Å². The molecule has 3 rings (SSSR count). The summed E-state index contributed by atoms with van der Waals surface area (Å²) < 4.78 is 23.8. The zero-order valence-electron chi connectivity index (χ0n) is 18.0. The highest BCUT2D eigenvalue weighted by atomic mass is 32.2. The number of nitrogens with one attached hydrogen (secondary N) is 1. The quantitative estimate of drug-likeness (QED) is 0.382. The third-order valence-corrected chi connectivity index (χ3v) is 8.30. The summed E-state index contributed by atoms with van der Waals surface area (Å²) >= 11 is 0. The molecule has 3 atom stereocenters. The lowest BCUT2D eigenvalue weighted by Crippen LogP contribution is -2.51. The van der Waals surface area contributed by atoms with Gasteiger partial charge < -0.3 is 9.80 Å². The summed E-state index contributed by atoms with van der Waals surface area (Å²) in [4.78, 5) is 28.3. The van der Waals surface area contributed by atoms with Gasteiger partial charge in [0.1, 0.15) is 0 Å². The maximum atomic E-state index is 12.7. The van der Waals surface area contributed by atoms with Crippen molar-refractivity contribution in [3.8, 4) is 23.7 Å². The van der Waals surface area contributed by atoms with Crippen LogP contribution >= 0.6 is 0 Å². The van der Waals surface area contributed by atoms with Crippen molar-refractivity contribution < 1.29 is 23.2 Å². The lowest BCUT2D eigenvalue weighted by molar-refractivity contribution is -0.131. The van der Waals surface area contributed by atoms with Crippen LogP contribution in [-0.2, 0) is 21.2 Å². The molecule has 2 aliphatic heterocycles. The lowest BCUT2D eigenvalue weighted by Gasteiger charge is -2.40. The van der Waals surface area contributed by atoms with Crippen LogP contribution in [0, 0.1) is 29.6 Å². The van der Waals surface area contributed by atoms with Crippen molar-refractivity contribution in [3.05, 3.63) is 23.5 Å². The number of rotatable bonds is 5. The SMILES string of the molecule is C[C@H]1[C@H](C#CC#Cc2cc3n(c2)C(=O)N(CC[C@](C)(C(=O)NO)S(C)(=O)=O)C3)CN1C. The van der Waals surface area contributed by atoms with E-state index in [9.17, 15) is 18.0 Å². The van der Waals surface area contributed by atoms with E-state index >= 15 is 0 Å². The summed E-state index contributed by atoms with van der Waals surface area (Å²) in [5, 5.41) is 8.90.